The molecule has 6 heteroatoms. The second-order valence-corrected chi connectivity index (χ2v) is 11.8. The van der Waals surface area contributed by atoms with Gasteiger partial charge in [-0.2, -0.15) is 8.42 Å². The maximum absolute atomic E-state index is 13.1. The predicted molar refractivity (Wildman–Crippen MR) is 102 cm³/mol. The fourth-order valence-electron chi connectivity index (χ4n) is 6.10. The van der Waals surface area contributed by atoms with Crippen LogP contribution in [0.2, 0.25) is 0 Å². The van der Waals surface area contributed by atoms with Gasteiger partial charge in [0.15, 0.2) is 0 Å². The molecule has 4 bridgehead atoms. The Balaban J connectivity index is 1.59. The Morgan fingerprint density at radius 2 is 1.74 bits per heavy atom. The largest absolute Gasteiger partial charge is 0.464 e. The third-order valence-corrected chi connectivity index (χ3v) is 8.64. The van der Waals surface area contributed by atoms with E-state index in [0.717, 1.165) is 32.1 Å². The molecule has 0 aliphatic heterocycles. The minimum absolute atomic E-state index is 0.0307. The fourth-order valence-corrected chi connectivity index (χ4v) is 6.31. The first-order valence-corrected chi connectivity index (χ1v) is 11.2. The first-order chi connectivity index (χ1) is 12.6. The molecule has 0 radical (unpaired) electrons. The van der Waals surface area contributed by atoms with Gasteiger partial charge in [0.1, 0.15) is 11.4 Å². The van der Waals surface area contributed by atoms with E-state index < -0.39 is 20.3 Å². The molecule has 2 unspecified atom stereocenters. The van der Waals surface area contributed by atoms with E-state index >= 15 is 0 Å². The van der Waals surface area contributed by atoms with E-state index in [-0.39, 0.29) is 18.0 Å². The summed E-state index contributed by atoms with van der Waals surface area (Å²) in [5.41, 5.74) is 0.826. The number of carbonyl (C=O) groups excluding carboxylic acids is 1. The minimum Gasteiger partial charge on any atom is -0.464 e. The molecule has 0 amide bonds. The molecule has 148 valence electrons. The zero-order valence-electron chi connectivity index (χ0n) is 16.0. The molecule has 1 aromatic rings. The van der Waals surface area contributed by atoms with E-state index in [0.29, 0.717) is 11.8 Å². The van der Waals surface area contributed by atoms with Crippen LogP contribution in [0.25, 0.3) is 0 Å². The zero-order chi connectivity index (χ0) is 19.5. The van der Waals surface area contributed by atoms with E-state index in [1.807, 2.05) is 6.07 Å². The molecule has 0 heterocycles. The van der Waals surface area contributed by atoms with Gasteiger partial charge in [-0.25, -0.2) is 0 Å². The van der Waals surface area contributed by atoms with E-state index in [1.54, 1.807) is 0 Å². The van der Waals surface area contributed by atoms with Gasteiger partial charge in [-0.05, 0) is 75.2 Å². The summed E-state index contributed by atoms with van der Waals surface area (Å²) in [4.78, 5) is 13.1. The summed E-state index contributed by atoms with van der Waals surface area (Å²) >= 11 is 0. The molecule has 4 aliphatic rings. The van der Waals surface area contributed by atoms with Gasteiger partial charge in [0.05, 0.1) is 5.41 Å². The van der Waals surface area contributed by atoms with Gasteiger partial charge in [0, 0.05) is 0 Å². The quantitative estimate of drug-likeness (QED) is 0.610. The summed E-state index contributed by atoms with van der Waals surface area (Å²) in [5.74, 6) is 0.760. The van der Waals surface area contributed by atoms with Gasteiger partial charge in [-0.3, -0.25) is 9.35 Å². The summed E-state index contributed by atoms with van der Waals surface area (Å²) < 4.78 is 36.4. The third kappa shape index (κ3) is 3.11. The first kappa shape index (κ1) is 18.9. The van der Waals surface area contributed by atoms with Crippen LogP contribution in [-0.2, 0) is 25.1 Å². The number of hydrogen-bond acceptors (Lipinski definition) is 4. The lowest BCUT2D eigenvalue weighted by molar-refractivity contribution is -0.174. The van der Waals surface area contributed by atoms with Crippen molar-refractivity contribution in [1.29, 1.82) is 0 Å². The van der Waals surface area contributed by atoms with Gasteiger partial charge in [0.2, 0.25) is 0 Å². The molecule has 1 aromatic carbocycles. The Morgan fingerprint density at radius 1 is 1.15 bits per heavy atom. The van der Waals surface area contributed by atoms with Crippen molar-refractivity contribution < 1.29 is 22.5 Å². The normalized spacial score (nSPS) is 35.2. The van der Waals surface area contributed by atoms with Crippen molar-refractivity contribution in [1.82, 2.24) is 0 Å². The average Bonchev–Trinajstić information content (AvgIpc) is 2.58. The van der Waals surface area contributed by atoms with Gasteiger partial charge >= 0.3 is 5.97 Å². The topological polar surface area (TPSA) is 80.7 Å². The summed E-state index contributed by atoms with van der Waals surface area (Å²) in [7, 11) is -4.29. The Labute approximate surface area is 161 Å². The van der Waals surface area contributed by atoms with Crippen LogP contribution in [0.15, 0.2) is 30.3 Å². The highest BCUT2D eigenvalue weighted by atomic mass is 32.2. The van der Waals surface area contributed by atoms with E-state index in [2.05, 4.69) is 24.3 Å². The van der Waals surface area contributed by atoms with Crippen LogP contribution in [0.5, 0.6) is 0 Å². The fraction of sp³-hybridized carbons (Fsp3) is 0.667. The molecule has 4 fully saturated rings. The Morgan fingerprint density at radius 3 is 2.30 bits per heavy atom. The number of carbonyl (C=O) groups is 1. The smallest absolute Gasteiger partial charge is 0.312 e. The lowest BCUT2D eigenvalue weighted by atomic mass is 9.43. The molecule has 0 saturated heterocycles. The van der Waals surface area contributed by atoms with Crippen molar-refractivity contribution in [2.24, 2.45) is 17.3 Å². The Bertz CT molecular complexity index is 829. The summed E-state index contributed by atoms with van der Waals surface area (Å²) in [6, 6.07) is 10.5. The highest BCUT2D eigenvalue weighted by Crippen LogP contribution is 2.66. The van der Waals surface area contributed by atoms with Gasteiger partial charge in [0.25, 0.3) is 10.1 Å². The number of benzene rings is 1. The highest BCUT2D eigenvalue weighted by molar-refractivity contribution is 7.87. The van der Waals surface area contributed by atoms with E-state index in [1.165, 1.54) is 25.8 Å². The van der Waals surface area contributed by atoms with Crippen LogP contribution < -0.4 is 0 Å². The van der Waals surface area contributed by atoms with E-state index in [9.17, 15) is 17.8 Å². The maximum atomic E-state index is 13.1. The molecule has 2 atom stereocenters. The molecule has 5 rings (SSSR count). The van der Waals surface area contributed by atoms with Gasteiger partial charge in [-0.1, -0.05) is 30.3 Å². The number of esters is 1. The van der Waals surface area contributed by atoms with Gasteiger partial charge < -0.3 is 4.74 Å². The number of ether oxygens (including phenoxy) is 1. The van der Waals surface area contributed by atoms with Crippen molar-refractivity contribution in [3.8, 4) is 0 Å². The summed E-state index contributed by atoms with van der Waals surface area (Å²) in [5, 5.41) is 0. The average molecular weight is 393 g/mol. The molecule has 0 spiro atoms. The van der Waals surface area contributed by atoms with E-state index in [4.69, 9.17) is 4.74 Å². The van der Waals surface area contributed by atoms with Crippen LogP contribution in [-0.4, -0.2) is 30.3 Å². The summed E-state index contributed by atoms with van der Waals surface area (Å²) in [6.07, 6.45) is 5.88. The van der Waals surface area contributed by atoms with Crippen molar-refractivity contribution >= 4 is 16.1 Å². The molecule has 5 nitrogen and oxygen atoms in total. The van der Waals surface area contributed by atoms with Crippen molar-refractivity contribution in [2.75, 3.05) is 6.61 Å². The van der Waals surface area contributed by atoms with Crippen LogP contribution in [0, 0.1) is 17.3 Å². The Kier molecular flexibility index (Phi) is 4.24. The monoisotopic (exact) mass is 392 g/mol. The highest BCUT2D eigenvalue weighted by Gasteiger charge is 2.61. The van der Waals surface area contributed by atoms with Crippen LogP contribution in [0.4, 0.5) is 0 Å². The van der Waals surface area contributed by atoms with Crippen molar-refractivity contribution in [3.05, 3.63) is 35.9 Å². The Hall–Kier alpha value is -1.40. The predicted octanol–water partition coefficient (Wildman–Crippen LogP) is 3.73. The lowest BCUT2D eigenvalue weighted by Gasteiger charge is -2.61. The lowest BCUT2D eigenvalue weighted by Crippen LogP contribution is -2.57. The SMILES string of the molecule is CC(C)(COC(=O)C12CC3CC(C1)CC(c1ccccc1)(C3)C2)S(=O)(=O)O. The van der Waals surface area contributed by atoms with Crippen LogP contribution in [0.3, 0.4) is 0 Å². The molecule has 4 saturated carbocycles. The molecule has 0 aromatic heterocycles. The van der Waals surface area contributed by atoms with Crippen LogP contribution >= 0.6 is 0 Å². The molecule has 1 N–H and O–H groups in total. The molecule has 27 heavy (non-hydrogen) atoms. The van der Waals surface area contributed by atoms with Gasteiger partial charge in [-0.15, -0.1) is 0 Å². The first-order valence-electron chi connectivity index (χ1n) is 9.75. The zero-order valence-corrected chi connectivity index (χ0v) is 16.8. The standard InChI is InChI=1S/C21H28O5S/c1-19(2,27(23,24)25)14-26-18(22)21-11-15-8-16(12-21)10-20(9-15,13-21)17-6-4-3-5-7-17/h3-7,15-16H,8-14H2,1-2H3,(H,23,24,25). The number of hydrogen-bond donors (Lipinski definition) is 1. The second kappa shape index (κ2) is 6.05. The maximum Gasteiger partial charge on any atom is 0.312 e. The van der Waals surface area contributed by atoms with Crippen LogP contribution in [0.1, 0.15) is 57.9 Å². The van der Waals surface area contributed by atoms with Crippen molar-refractivity contribution in [2.45, 2.75) is 62.5 Å². The summed E-state index contributed by atoms with van der Waals surface area (Å²) in [6.45, 7) is 2.43. The third-order valence-electron chi connectivity index (χ3n) is 7.13. The second-order valence-electron chi connectivity index (χ2n) is 9.70. The number of rotatable bonds is 5. The minimum atomic E-state index is -4.29. The molecular weight excluding hydrogens is 364 g/mol. The van der Waals surface area contributed by atoms with Crippen molar-refractivity contribution in [3.63, 3.8) is 0 Å². The molecule has 4 aliphatic carbocycles. The molecular formula is C21H28O5S.